The van der Waals surface area contributed by atoms with Crippen LogP contribution >= 0.6 is 0 Å². The van der Waals surface area contributed by atoms with E-state index < -0.39 is 5.60 Å². The molecular weight excluding hydrogens is 246 g/mol. The molecule has 1 heterocycles. The van der Waals surface area contributed by atoms with Crippen LogP contribution in [-0.4, -0.2) is 55.1 Å². The van der Waals surface area contributed by atoms with Gasteiger partial charge in [0.05, 0.1) is 13.2 Å². The third kappa shape index (κ3) is 14.7. The summed E-state index contributed by atoms with van der Waals surface area (Å²) in [6, 6.07) is 0. The number of terminal acetylenes is 1. The SMILES string of the molecule is C#C.CC.CC(C)(C)OC(=O)N1CCOCC1.CO. The van der Waals surface area contributed by atoms with E-state index in [4.69, 9.17) is 14.6 Å². The van der Waals surface area contributed by atoms with E-state index in [1.807, 2.05) is 34.6 Å². The first-order valence-electron chi connectivity index (χ1n) is 6.33. The van der Waals surface area contributed by atoms with Crippen molar-refractivity contribution in [3.8, 4) is 12.8 Å². The van der Waals surface area contributed by atoms with E-state index in [0.29, 0.717) is 26.3 Å². The summed E-state index contributed by atoms with van der Waals surface area (Å²) in [4.78, 5) is 13.1. The van der Waals surface area contributed by atoms with Gasteiger partial charge in [0.25, 0.3) is 0 Å². The van der Waals surface area contributed by atoms with Crippen molar-refractivity contribution in [2.45, 2.75) is 40.2 Å². The number of ether oxygens (including phenoxy) is 2. The van der Waals surface area contributed by atoms with E-state index in [1.165, 1.54) is 0 Å². The highest BCUT2D eigenvalue weighted by molar-refractivity contribution is 5.68. The second kappa shape index (κ2) is 14.8. The molecule has 5 heteroatoms. The predicted molar refractivity (Wildman–Crippen MR) is 78.0 cm³/mol. The van der Waals surface area contributed by atoms with Gasteiger partial charge < -0.3 is 19.5 Å². The molecule has 0 aliphatic carbocycles. The van der Waals surface area contributed by atoms with E-state index in [-0.39, 0.29) is 6.09 Å². The van der Waals surface area contributed by atoms with Crippen molar-refractivity contribution in [3.63, 3.8) is 0 Å². The molecule has 0 radical (unpaired) electrons. The molecule has 0 aromatic heterocycles. The lowest BCUT2D eigenvalue weighted by atomic mass is 10.2. The maximum Gasteiger partial charge on any atom is 0.410 e. The molecule has 0 saturated carbocycles. The van der Waals surface area contributed by atoms with Gasteiger partial charge in [0.2, 0.25) is 0 Å². The van der Waals surface area contributed by atoms with Crippen molar-refractivity contribution < 1.29 is 19.4 Å². The van der Waals surface area contributed by atoms with Gasteiger partial charge in [-0.15, -0.1) is 12.8 Å². The van der Waals surface area contributed by atoms with Crippen LogP contribution in [0, 0.1) is 12.8 Å². The molecule has 0 spiro atoms. The third-order valence-corrected chi connectivity index (χ3v) is 1.66. The largest absolute Gasteiger partial charge is 0.444 e. The number of hydrogen-bond acceptors (Lipinski definition) is 4. The van der Waals surface area contributed by atoms with Gasteiger partial charge in [0.15, 0.2) is 0 Å². The fourth-order valence-electron chi connectivity index (χ4n) is 1.07. The number of carbonyl (C=O) groups excluding carboxylic acids is 1. The standard InChI is InChI=1S/C9H17NO3.C2H6.C2H2.CH4O/c1-9(2,3)13-8(11)10-4-6-12-7-5-10;3*1-2/h4-7H2,1-3H3;1-2H3;1-2H;2H,1H3. The smallest absolute Gasteiger partial charge is 0.410 e. The lowest BCUT2D eigenvalue weighted by Gasteiger charge is -2.29. The maximum atomic E-state index is 11.5. The van der Waals surface area contributed by atoms with Gasteiger partial charge in [0.1, 0.15) is 5.60 Å². The van der Waals surface area contributed by atoms with Crippen LogP contribution in [0.25, 0.3) is 0 Å². The van der Waals surface area contributed by atoms with Crippen LogP contribution in [0.2, 0.25) is 0 Å². The number of morpholine rings is 1. The lowest BCUT2D eigenvalue weighted by Crippen LogP contribution is -2.43. The van der Waals surface area contributed by atoms with Crippen molar-refractivity contribution in [1.29, 1.82) is 0 Å². The zero-order valence-electron chi connectivity index (χ0n) is 13.1. The second-order valence-corrected chi connectivity index (χ2v) is 4.08. The molecule has 5 nitrogen and oxygen atoms in total. The Balaban J connectivity index is -0.000000375. The van der Waals surface area contributed by atoms with Crippen molar-refractivity contribution in [3.05, 3.63) is 0 Å². The monoisotopic (exact) mass is 275 g/mol. The summed E-state index contributed by atoms with van der Waals surface area (Å²) in [7, 11) is 1.00. The van der Waals surface area contributed by atoms with Crippen molar-refractivity contribution in [1.82, 2.24) is 4.90 Å². The van der Waals surface area contributed by atoms with Gasteiger partial charge in [-0.05, 0) is 20.8 Å². The number of nitrogens with zero attached hydrogens (tertiary/aromatic N) is 1. The van der Waals surface area contributed by atoms with E-state index in [2.05, 4.69) is 12.8 Å². The molecule has 19 heavy (non-hydrogen) atoms. The fraction of sp³-hybridized carbons (Fsp3) is 0.786. The van der Waals surface area contributed by atoms with Crippen molar-refractivity contribution in [2.75, 3.05) is 33.4 Å². The average molecular weight is 275 g/mol. The number of aliphatic hydroxyl groups is 1. The Morgan fingerprint density at radius 2 is 1.53 bits per heavy atom. The van der Waals surface area contributed by atoms with Gasteiger partial charge in [-0.1, -0.05) is 13.8 Å². The summed E-state index contributed by atoms with van der Waals surface area (Å²) < 4.78 is 10.3. The highest BCUT2D eigenvalue weighted by Crippen LogP contribution is 2.10. The summed E-state index contributed by atoms with van der Waals surface area (Å²) >= 11 is 0. The van der Waals surface area contributed by atoms with Gasteiger partial charge >= 0.3 is 6.09 Å². The summed E-state index contributed by atoms with van der Waals surface area (Å²) in [5.74, 6) is 0. The third-order valence-electron chi connectivity index (χ3n) is 1.66. The molecule has 1 N–H and O–H groups in total. The average Bonchev–Trinajstić information content (AvgIpc) is 2.44. The summed E-state index contributed by atoms with van der Waals surface area (Å²) in [5, 5.41) is 7.00. The molecule has 114 valence electrons. The minimum absolute atomic E-state index is 0.240. The molecule has 1 rings (SSSR count). The highest BCUT2D eigenvalue weighted by atomic mass is 16.6. The lowest BCUT2D eigenvalue weighted by molar-refractivity contribution is -0.00677. The minimum Gasteiger partial charge on any atom is -0.444 e. The number of aliphatic hydroxyl groups excluding tert-OH is 1. The Bertz CT molecular complexity index is 215. The van der Waals surface area contributed by atoms with Crippen LogP contribution in [0.4, 0.5) is 4.79 Å². The number of rotatable bonds is 0. The van der Waals surface area contributed by atoms with Crippen molar-refractivity contribution >= 4 is 6.09 Å². The number of carbonyl (C=O) groups is 1. The van der Waals surface area contributed by atoms with Crippen LogP contribution in [0.5, 0.6) is 0 Å². The van der Waals surface area contributed by atoms with Gasteiger partial charge in [-0.2, -0.15) is 0 Å². The molecule has 1 fully saturated rings. The Kier molecular flexibility index (Phi) is 17.8. The molecule has 0 aromatic rings. The molecule has 1 aliphatic heterocycles. The molecule has 1 saturated heterocycles. The first-order chi connectivity index (χ1) is 8.99. The first kappa shape index (κ1) is 22.9. The Labute approximate surface area is 117 Å². The molecule has 0 bridgehead atoms. The maximum absolute atomic E-state index is 11.5. The zero-order valence-corrected chi connectivity index (χ0v) is 13.1. The summed E-state index contributed by atoms with van der Waals surface area (Å²) in [5.41, 5.74) is -0.407. The van der Waals surface area contributed by atoms with Crippen LogP contribution < -0.4 is 0 Å². The first-order valence-corrected chi connectivity index (χ1v) is 6.33. The topological polar surface area (TPSA) is 59.0 Å². The predicted octanol–water partition coefficient (Wildman–Crippen LogP) is 2.14. The van der Waals surface area contributed by atoms with Gasteiger partial charge in [-0.3, -0.25) is 0 Å². The fourth-order valence-corrected chi connectivity index (χ4v) is 1.07. The van der Waals surface area contributed by atoms with Crippen molar-refractivity contribution in [2.24, 2.45) is 0 Å². The Morgan fingerprint density at radius 3 is 1.84 bits per heavy atom. The Hall–Kier alpha value is -1.25. The van der Waals surface area contributed by atoms with Crippen LogP contribution in [-0.2, 0) is 9.47 Å². The van der Waals surface area contributed by atoms with Gasteiger partial charge in [0, 0.05) is 20.2 Å². The van der Waals surface area contributed by atoms with E-state index in [9.17, 15) is 4.79 Å². The van der Waals surface area contributed by atoms with Gasteiger partial charge in [-0.25, -0.2) is 4.79 Å². The normalized spacial score (nSPS) is 13.4. The highest BCUT2D eigenvalue weighted by Gasteiger charge is 2.23. The van der Waals surface area contributed by atoms with E-state index in [1.54, 1.807) is 4.90 Å². The minimum atomic E-state index is -0.407. The van der Waals surface area contributed by atoms with E-state index in [0.717, 1.165) is 7.11 Å². The zero-order chi connectivity index (χ0) is 15.9. The van der Waals surface area contributed by atoms with E-state index >= 15 is 0 Å². The molecule has 1 aliphatic rings. The molecule has 1 amide bonds. The number of hydrogen-bond donors (Lipinski definition) is 1. The Morgan fingerprint density at radius 1 is 1.16 bits per heavy atom. The molecule has 0 atom stereocenters. The second-order valence-electron chi connectivity index (χ2n) is 4.08. The van der Waals surface area contributed by atoms with Crippen LogP contribution in [0.1, 0.15) is 34.6 Å². The number of amides is 1. The summed E-state index contributed by atoms with van der Waals surface area (Å²) in [6.07, 6.45) is 7.76. The quantitative estimate of drug-likeness (QED) is 0.688. The summed E-state index contributed by atoms with van der Waals surface area (Å²) in [6.45, 7) is 12.1. The molecule has 0 unspecified atom stereocenters. The van der Waals surface area contributed by atoms with Crippen LogP contribution in [0.15, 0.2) is 0 Å². The molecular formula is C14H29NO4. The molecule has 0 aromatic carbocycles. The van der Waals surface area contributed by atoms with Crippen LogP contribution in [0.3, 0.4) is 0 Å².